The Kier molecular flexibility index (Phi) is 2.74. The predicted octanol–water partition coefficient (Wildman–Crippen LogP) is 7.09. The minimum Gasteiger partial charge on any atom is -0.305 e. The second-order valence-corrected chi connectivity index (χ2v) is 9.53. The first-order valence-electron chi connectivity index (χ1n) is 11.1. The van der Waals surface area contributed by atoms with Gasteiger partial charge in [0, 0.05) is 39.4 Å². The molecule has 0 atom stereocenters. The van der Waals surface area contributed by atoms with Crippen LogP contribution in [0.15, 0.2) is 79.4 Å². The van der Waals surface area contributed by atoms with Gasteiger partial charge in [0.2, 0.25) is 0 Å². The molecule has 7 aromatic rings. The maximum Gasteiger partial charge on any atom is 0.0725 e. The molecular formula is C29H19N3. The van der Waals surface area contributed by atoms with Crippen molar-refractivity contribution in [3.05, 3.63) is 90.5 Å². The van der Waals surface area contributed by atoms with Crippen LogP contribution in [0.25, 0.3) is 60.0 Å². The van der Waals surface area contributed by atoms with E-state index >= 15 is 0 Å². The fourth-order valence-electron chi connectivity index (χ4n) is 6.39. The zero-order valence-corrected chi connectivity index (χ0v) is 17.8. The molecule has 0 radical (unpaired) electrons. The Balaban J connectivity index is 1.75. The van der Waals surface area contributed by atoms with Gasteiger partial charge in [-0.15, -0.1) is 0 Å². The first-order valence-corrected chi connectivity index (χ1v) is 11.1. The largest absolute Gasteiger partial charge is 0.305 e. The molecule has 0 N–H and O–H groups in total. The van der Waals surface area contributed by atoms with Crippen LogP contribution in [0.5, 0.6) is 0 Å². The second-order valence-electron chi connectivity index (χ2n) is 9.53. The van der Waals surface area contributed by atoms with E-state index in [0.717, 1.165) is 11.0 Å². The van der Waals surface area contributed by atoms with E-state index in [2.05, 4.69) is 82.8 Å². The van der Waals surface area contributed by atoms with Gasteiger partial charge in [0.25, 0.3) is 0 Å². The summed E-state index contributed by atoms with van der Waals surface area (Å²) in [4.78, 5) is 8.95. The number of hydrogen-bond donors (Lipinski definition) is 0. The highest BCUT2D eigenvalue weighted by atomic mass is 14.9. The summed E-state index contributed by atoms with van der Waals surface area (Å²) in [5.74, 6) is 0. The smallest absolute Gasteiger partial charge is 0.0725 e. The molecule has 3 heteroatoms. The predicted molar refractivity (Wildman–Crippen MR) is 132 cm³/mol. The summed E-state index contributed by atoms with van der Waals surface area (Å²) in [5, 5.41) is 7.85. The van der Waals surface area contributed by atoms with Gasteiger partial charge >= 0.3 is 0 Å². The monoisotopic (exact) mass is 409 g/mol. The van der Waals surface area contributed by atoms with Crippen LogP contribution >= 0.6 is 0 Å². The molecular weight excluding hydrogens is 390 g/mol. The van der Waals surface area contributed by atoms with Crippen LogP contribution in [-0.2, 0) is 5.41 Å². The molecule has 4 aromatic heterocycles. The van der Waals surface area contributed by atoms with E-state index in [0.29, 0.717) is 0 Å². The Morgan fingerprint density at radius 1 is 0.719 bits per heavy atom. The molecule has 0 bridgehead atoms. The van der Waals surface area contributed by atoms with Gasteiger partial charge in [-0.3, -0.25) is 9.97 Å². The average Bonchev–Trinajstić information content (AvgIpc) is 3.34. The molecule has 3 nitrogen and oxygen atoms in total. The van der Waals surface area contributed by atoms with E-state index in [-0.39, 0.29) is 5.41 Å². The molecule has 150 valence electrons. The molecule has 32 heavy (non-hydrogen) atoms. The highest BCUT2D eigenvalue weighted by Gasteiger charge is 2.37. The minimum atomic E-state index is -0.128. The molecule has 1 aliphatic rings. The van der Waals surface area contributed by atoms with Crippen molar-refractivity contribution in [2.75, 3.05) is 0 Å². The molecule has 0 unspecified atom stereocenters. The van der Waals surface area contributed by atoms with Crippen molar-refractivity contribution in [2.45, 2.75) is 19.3 Å². The molecule has 1 aliphatic carbocycles. The van der Waals surface area contributed by atoms with E-state index in [4.69, 9.17) is 0 Å². The van der Waals surface area contributed by atoms with E-state index in [1.54, 1.807) is 0 Å². The lowest BCUT2D eigenvalue weighted by molar-refractivity contribution is 0.652. The number of rotatable bonds is 0. The lowest BCUT2D eigenvalue weighted by atomic mass is 9.67. The molecule has 3 aromatic carbocycles. The first kappa shape index (κ1) is 16.7. The van der Waals surface area contributed by atoms with Crippen LogP contribution in [0.2, 0.25) is 0 Å². The van der Waals surface area contributed by atoms with E-state index in [1.807, 2.05) is 24.8 Å². The summed E-state index contributed by atoms with van der Waals surface area (Å²) < 4.78 is 2.37. The van der Waals surface area contributed by atoms with Crippen LogP contribution < -0.4 is 0 Å². The van der Waals surface area contributed by atoms with Crippen LogP contribution in [0.4, 0.5) is 0 Å². The zero-order valence-electron chi connectivity index (χ0n) is 17.8. The Labute approximate surface area is 184 Å². The van der Waals surface area contributed by atoms with Crippen molar-refractivity contribution in [1.29, 1.82) is 0 Å². The van der Waals surface area contributed by atoms with E-state index < -0.39 is 0 Å². The maximum absolute atomic E-state index is 4.49. The molecule has 0 aliphatic heterocycles. The zero-order chi connectivity index (χ0) is 21.2. The number of pyridine rings is 2. The number of aromatic nitrogens is 3. The van der Waals surface area contributed by atoms with Gasteiger partial charge in [-0.1, -0.05) is 50.2 Å². The van der Waals surface area contributed by atoms with Gasteiger partial charge in [-0.25, -0.2) is 0 Å². The molecule has 0 amide bonds. The van der Waals surface area contributed by atoms with Gasteiger partial charge in [0.05, 0.1) is 28.9 Å². The standard InChI is InChI=1S/C29H19N3/c1-29(2)22-8-4-6-16-5-3-7-18(25(16)22)20-13-21-17-9-11-30-14-23(17)32-24-15-31-12-10-19(24)26(27(20)29)28(21)32/h3-15H,1-2H3. The van der Waals surface area contributed by atoms with Crippen LogP contribution in [0, 0.1) is 0 Å². The van der Waals surface area contributed by atoms with Gasteiger partial charge in [0.1, 0.15) is 0 Å². The van der Waals surface area contributed by atoms with Crippen LogP contribution in [0.1, 0.15) is 25.0 Å². The number of benzene rings is 3. The quantitative estimate of drug-likeness (QED) is 0.268. The molecule has 0 saturated carbocycles. The molecule has 4 heterocycles. The van der Waals surface area contributed by atoms with Crippen molar-refractivity contribution in [3.63, 3.8) is 0 Å². The highest BCUT2D eigenvalue weighted by molar-refractivity contribution is 6.27. The van der Waals surface area contributed by atoms with Crippen LogP contribution in [0.3, 0.4) is 0 Å². The van der Waals surface area contributed by atoms with Crippen molar-refractivity contribution in [1.82, 2.24) is 14.4 Å². The summed E-state index contributed by atoms with van der Waals surface area (Å²) in [6.45, 7) is 4.76. The Morgan fingerprint density at radius 2 is 1.44 bits per heavy atom. The van der Waals surface area contributed by atoms with Gasteiger partial charge < -0.3 is 4.40 Å². The molecule has 0 spiro atoms. The molecule has 0 saturated heterocycles. The van der Waals surface area contributed by atoms with Crippen molar-refractivity contribution >= 4 is 48.9 Å². The SMILES string of the molecule is CC1(C)c2cccc3cccc(c23)-c2cc3c4ccncc4n4c5cnccc5c(c21)c34. The third-order valence-electron chi connectivity index (χ3n) is 7.66. The Hall–Kier alpha value is -3.98. The number of fused-ring (bicyclic) bond motifs is 9. The summed E-state index contributed by atoms with van der Waals surface area (Å²) >= 11 is 0. The van der Waals surface area contributed by atoms with Gasteiger partial charge in [0.15, 0.2) is 0 Å². The van der Waals surface area contributed by atoms with Gasteiger partial charge in [-0.2, -0.15) is 0 Å². The van der Waals surface area contributed by atoms with Crippen molar-refractivity contribution in [3.8, 4) is 11.1 Å². The third-order valence-corrected chi connectivity index (χ3v) is 7.66. The van der Waals surface area contributed by atoms with Gasteiger partial charge in [-0.05, 0) is 51.2 Å². The van der Waals surface area contributed by atoms with E-state index in [1.165, 1.54) is 60.1 Å². The summed E-state index contributed by atoms with van der Waals surface area (Å²) in [6, 6.07) is 20.2. The fraction of sp³-hybridized carbons (Fsp3) is 0.103. The second kappa shape index (κ2) is 5.25. The average molecular weight is 409 g/mol. The minimum absolute atomic E-state index is 0.128. The topological polar surface area (TPSA) is 30.2 Å². The van der Waals surface area contributed by atoms with Crippen LogP contribution in [-0.4, -0.2) is 14.4 Å². The summed E-state index contributed by atoms with van der Waals surface area (Å²) in [5.41, 5.74) is 8.96. The van der Waals surface area contributed by atoms with Crippen molar-refractivity contribution in [2.24, 2.45) is 0 Å². The molecule has 0 fully saturated rings. The fourth-order valence-corrected chi connectivity index (χ4v) is 6.39. The maximum atomic E-state index is 4.49. The van der Waals surface area contributed by atoms with E-state index in [9.17, 15) is 0 Å². The summed E-state index contributed by atoms with van der Waals surface area (Å²) in [7, 11) is 0. The first-order chi connectivity index (χ1) is 15.7. The Morgan fingerprint density at radius 3 is 2.25 bits per heavy atom. The highest BCUT2D eigenvalue weighted by Crippen LogP contribution is 2.54. The third kappa shape index (κ3) is 1.70. The lowest BCUT2D eigenvalue weighted by Gasteiger charge is -2.36. The number of hydrogen-bond acceptors (Lipinski definition) is 2. The number of nitrogens with zero attached hydrogens (tertiary/aromatic N) is 3. The Bertz CT molecular complexity index is 1900. The molecule has 8 rings (SSSR count). The lowest BCUT2D eigenvalue weighted by Crippen LogP contribution is -2.24. The van der Waals surface area contributed by atoms with Crippen molar-refractivity contribution < 1.29 is 0 Å². The normalized spacial score (nSPS) is 14.8. The summed E-state index contributed by atoms with van der Waals surface area (Å²) in [6.07, 6.45) is 7.80.